The van der Waals surface area contributed by atoms with Crippen molar-refractivity contribution in [3.8, 4) is 11.5 Å². The second kappa shape index (κ2) is 8.85. The van der Waals surface area contributed by atoms with E-state index in [0.717, 1.165) is 50.5 Å². The highest BCUT2D eigenvalue weighted by Gasteiger charge is 2.22. The Balaban J connectivity index is 1.48. The first-order chi connectivity index (χ1) is 12.2. The van der Waals surface area contributed by atoms with Crippen LogP contribution in [0, 0.1) is 0 Å². The van der Waals surface area contributed by atoms with Crippen LogP contribution in [0.15, 0.2) is 12.1 Å². The van der Waals surface area contributed by atoms with Crippen molar-refractivity contribution in [3.05, 3.63) is 23.3 Å². The summed E-state index contributed by atoms with van der Waals surface area (Å²) >= 11 is 0. The second-order valence-electron chi connectivity index (χ2n) is 6.79. The van der Waals surface area contributed by atoms with Gasteiger partial charge < -0.3 is 24.1 Å². The fraction of sp³-hybridized carbons (Fsp3) is 0.684. The minimum atomic E-state index is -0.483. The molecule has 2 unspecified atom stereocenters. The standard InChI is InChI=1S/C19H29NO5/c1-22-18-8-14-5-6-20(10-15(14)9-19(18)23-2)11-16(21)12-24-13-17-4-3-7-25-17/h8-9,16-17,21H,3-7,10-13H2,1-2H3. The molecule has 6 nitrogen and oxygen atoms in total. The monoisotopic (exact) mass is 351 g/mol. The normalized spacial score (nSPS) is 21.8. The number of hydrogen-bond acceptors (Lipinski definition) is 6. The average Bonchev–Trinajstić information content (AvgIpc) is 3.13. The lowest BCUT2D eigenvalue weighted by molar-refractivity contribution is -0.0261. The van der Waals surface area contributed by atoms with Crippen molar-refractivity contribution in [1.29, 1.82) is 0 Å². The van der Waals surface area contributed by atoms with Gasteiger partial charge in [-0.3, -0.25) is 4.90 Å². The quantitative estimate of drug-likeness (QED) is 0.768. The lowest BCUT2D eigenvalue weighted by Gasteiger charge is -2.31. The minimum absolute atomic E-state index is 0.205. The average molecular weight is 351 g/mol. The Labute approximate surface area is 149 Å². The predicted molar refractivity (Wildman–Crippen MR) is 94.3 cm³/mol. The summed E-state index contributed by atoms with van der Waals surface area (Å²) in [6.45, 7) is 4.10. The summed E-state index contributed by atoms with van der Waals surface area (Å²) in [5.74, 6) is 1.53. The number of fused-ring (bicyclic) bond motifs is 1. The Morgan fingerprint density at radius 3 is 2.68 bits per heavy atom. The Morgan fingerprint density at radius 1 is 1.24 bits per heavy atom. The highest BCUT2D eigenvalue weighted by Crippen LogP contribution is 2.33. The first kappa shape index (κ1) is 18.5. The predicted octanol–water partition coefficient (Wildman–Crippen LogP) is 1.62. The number of ether oxygens (including phenoxy) is 4. The van der Waals surface area contributed by atoms with E-state index in [1.54, 1.807) is 14.2 Å². The molecule has 0 spiro atoms. The van der Waals surface area contributed by atoms with Gasteiger partial charge in [0.1, 0.15) is 0 Å². The molecule has 2 atom stereocenters. The maximum atomic E-state index is 10.3. The smallest absolute Gasteiger partial charge is 0.161 e. The number of rotatable bonds is 8. The lowest BCUT2D eigenvalue weighted by Crippen LogP contribution is -2.38. The molecule has 3 rings (SSSR count). The van der Waals surface area contributed by atoms with Crippen molar-refractivity contribution < 1.29 is 24.1 Å². The Morgan fingerprint density at radius 2 is 2.00 bits per heavy atom. The molecule has 0 aromatic heterocycles. The van der Waals surface area contributed by atoms with E-state index in [9.17, 15) is 5.11 Å². The van der Waals surface area contributed by atoms with Crippen LogP contribution in [-0.2, 0) is 22.4 Å². The third-order valence-corrected chi connectivity index (χ3v) is 4.90. The summed E-state index contributed by atoms with van der Waals surface area (Å²) in [5, 5.41) is 10.3. The molecule has 1 N–H and O–H groups in total. The molecule has 2 heterocycles. The van der Waals surface area contributed by atoms with Crippen molar-refractivity contribution >= 4 is 0 Å². The van der Waals surface area contributed by atoms with Crippen LogP contribution in [-0.4, -0.2) is 69.3 Å². The molecule has 0 radical (unpaired) electrons. The Bertz CT molecular complexity index is 559. The van der Waals surface area contributed by atoms with Crippen LogP contribution >= 0.6 is 0 Å². The summed E-state index contributed by atoms with van der Waals surface area (Å²) in [6.07, 6.45) is 2.83. The zero-order chi connectivity index (χ0) is 17.6. The highest BCUT2D eigenvalue weighted by atomic mass is 16.5. The van der Waals surface area contributed by atoms with E-state index < -0.39 is 6.10 Å². The topological polar surface area (TPSA) is 60.4 Å². The van der Waals surface area contributed by atoms with Gasteiger partial charge in [0.05, 0.1) is 39.6 Å². The molecule has 0 amide bonds. The van der Waals surface area contributed by atoms with Crippen molar-refractivity contribution in [1.82, 2.24) is 4.90 Å². The van der Waals surface area contributed by atoms with Crippen LogP contribution in [0.25, 0.3) is 0 Å². The van der Waals surface area contributed by atoms with Gasteiger partial charge in [-0.1, -0.05) is 0 Å². The number of nitrogens with zero attached hydrogens (tertiary/aromatic N) is 1. The van der Waals surface area contributed by atoms with Crippen LogP contribution in [0.3, 0.4) is 0 Å². The van der Waals surface area contributed by atoms with Crippen molar-refractivity contribution in [3.63, 3.8) is 0 Å². The van der Waals surface area contributed by atoms with Crippen LogP contribution in [0.1, 0.15) is 24.0 Å². The summed E-state index contributed by atoms with van der Waals surface area (Å²) in [6, 6.07) is 4.10. The van der Waals surface area contributed by atoms with Crippen molar-refractivity contribution in [2.45, 2.75) is 38.0 Å². The van der Waals surface area contributed by atoms with Gasteiger partial charge in [0.2, 0.25) is 0 Å². The van der Waals surface area contributed by atoms with Crippen LogP contribution in [0.2, 0.25) is 0 Å². The fourth-order valence-electron chi connectivity index (χ4n) is 3.56. The molecule has 25 heavy (non-hydrogen) atoms. The van der Waals surface area contributed by atoms with E-state index >= 15 is 0 Å². The van der Waals surface area contributed by atoms with Crippen molar-refractivity contribution in [2.24, 2.45) is 0 Å². The van der Waals surface area contributed by atoms with Gasteiger partial charge in [0, 0.05) is 26.2 Å². The molecule has 0 saturated carbocycles. The fourth-order valence-corrected chi connectivity index (χ4v) is 3.56. The molecule has 2 aliphatic rings. The molecule has 140 valence electrons. The molecular formula is C19H29NO5. The van der Waals surface area contributed by atoms with E-state index in [-0.39, 0.29) is 6.10 Å². The number of hydrogen-bond donors (Lipinski definition) is 1. The van der Waals surface area contributed by atoms with Gasteiger partial charge >= 0.3 is 0 Å². The number of benzene rings is 1. The van der Waals surface area contributed by atoms with E-state index in [1.165, 1.54) is 11.1 Å². The number of β-amino-alcohol motifs (C(OH)–C–C–N with tert-alkyl or cyclic N) is 1. The van der Waals surface area contributed by atoms with E-state index in [1.807, 2.05) is 6.07 Å². The third-order valence-electron chi connectivity index (χ3n) is 4.90. The molecule has 0 bridgehead atoms. The van der Waals surface area contributed by atoms with Crippen LogP contribution < -0.4 is 9.47 Å². The third kappa shape index (κ3) is 4.85. The summed E-state index contributed by atoms with van der Waals surface area (Å²) in [5.41, 5.74) is 2.52. The zero-order valence-corrected chi connectivity index (χ0v) is 15.2. The van der Waals surface area contributed by atoms with Crippen LogP contribution in [0.5, 0.6) is 11.5 Å². The minimum Gasteiger partial charge on any atom is -0.493 e. The van der Waals surface area contributed by atoms with Gasteiger partial charge in [-0.2, -0.15) is 0 Å². The molecule has 1 saturated heterocycles. The van der Waals surface area contributed by atoms with Gasteiger partial charge in [-0.05, 0) is 42.5 Å². The largest absolute Gasteiger partial charge is 0.493 e. The van der Waals surface area contributed by atoms with Crippen LogP contribution in [0.4, 0.5) is 0 Å². The van der Waals surface area contributed by atoms with E-state index in [0.29, 0.717) is 19.8 Å². The van der Waals surface area contributed by atoms with E-state index in [2.05, 4.69) is 11.0 Å². The molecule has 1 aromatic rings. The summed E-state index contributed by atoms with van der Waals surface area (Å²) < 4.78 is 21.9. The first-order valence-electron chi connectivity index (χ1n) is 9.03. The zero-order valence-electron chi connectivity index (χ0n) is 15.2. The van der Waals surface area contributed by atoms with Gasteiger partial charge in [-0.15, -0.1) is 0 Å². The van der Waals surface area contributed by atoms with Gasteiger partial charge in [0.15, 0.2) is 11.5 Å². The van der Waals surface area contributed by atoms with E-state index in [4.69, 9.17) is 18.9 Å². The van der Waals surface area contributed by atoms with Gasteiger partial charge in [0.25, 0.3) is 0 Å². The summed E-state index contributed by atoms with van der Waals surface area (Å²) in [4.78, 5) is 2.26. The molecule has 1 aromatic carbocycles. The maximum Gasteiger partial charge on any atom is 0.161 e. The molecule has 6 heteroatoms. The van der Waals surface area contributed by atoms with Crippen molar-refractivity contribution in [2.75, 3.05) is 47.1 Å². The first-order valence-corrected chi connectivity index (χ1v) is 9.03. The van der Waals surface area contributed by atoms with Gasteiger partial charge in [-0.25, -0.2) is 0 Å². The second-order valence-corrected chi connectivity index (χ2v) is 6.79. The lowest BCUT2D eigenvalue weighted by atomic mass is 9.98. The molecular weight excluding hydrogens is 322 g/mol. The number of aliphatic hydroxyl groups is 1. The number of aliphatic hydroxyl groups excluding tert-OH is 1. The molecule has 1 fully saturated rings. The summed E-state index contributed by atoms with van der Waals surface area (Å²) in [7, 11) is 3.31. The Kier molecular flexibility index (Phi) is 6.53. The highest BCUT2D eigenvalue weighted by molar-refractivity contribution is 5.48. The molecule has 2 aliphatic heterocycles. The SMILES string of the molecule is COc1cc2c(cc1OC)CN(CC(O)COCC1CCCO1)CC2. The Hall–Kier alpha value is -1.34. The molecule has 0 aliphatic carbocycles. The maximum absolute atomic E-state index is 10.3. The number of methoxy groups -OCH3 is 2.